The number of amides is 3. The normalized spacial score (nSPS) is 15.4. The smallest absolute Gasteiger partial charge is 0.339 e. The summed E-state index contributed by atoms with van der Waals surface area (Å²) in [7, 11) is 1.26. The molecule has 0 N–H and O–H groups in total. The standard InChI is InChI=1S/C21H20N4O6/c1-30-21(29)14-7-8-15(22-11-14)20(28)25-10-4-9-24(25)18(26)12-23-16-5-2-3-6-17(16)31-13-19(23)27/h2-3,5-8,11H,4,9-10,12-13H2,1H3. The van der Waals surface area contributed by atoms with Crippen LogP contribution in [-0.4, -0.2) is 72.0 Å². The Morgan fingerprint density at radius 1 is 1.10 bits per heavy atom. The van der Waals surface area contributed by atoms with Gasteiger partial charge in [0.1, 0.15) is 18.0 Å². The van der Waals surface area contributed by atoms with Crippen LogP contribution >= 0.6 is 0 Å². The second-order valence-corrected chi connectivity index (χ2v) is 6.96. The van der Waals surface area contributed by atoms with Gasteiger partial charge in [-0.1, -0.05) is 12.1 Å². The molecule has 0 bridgehead atoms. The minimum absolute atomic E-state index is 0.0974. The topological polar surface area (TPSA) is 109 Å². The quantitative estimate of drug-likeness (QED) is 0.671. The van der Waals surface area contributed by atoms with Crippen LogP contribution in [0.3, 0.4) is 0 Å². The van der Waals surface area contributed by atoms with E-state index in [9.17, 15) is 19.2 Å². The van der Waals surface area contributed by atoms with Crippen LogP contribution in [0.25, 0.3) is 0 Å². The monoisotopic (exact) mass is 424 g/mol. The predicted octanol–water partition coefficient (Wildman–Crippen LogP) is 0.883. The molecule has 3 amide bonds. The van der Waals surface area contributed by atoms with E-state index < -0.39 is 11.9 Å². The fourth-order valence-electron chi connectivity index (χ4n) is 3.52. The van der Waals surface area contributed by atoms with Crippen LogP contribution in [0.2, 0.25) is 0 Å². The summed E-state index contributed by atoms with van der Waals surface area (Å²) < 4.78 is 10.0. The number of ether oxygens (including phenoxy) is 2. The molecule has 2 aliphatic rings. The second-order valence-electron chi connectivity index (χ2n) is 6.96. The molecular weight excluding hydrogens is 404 g/mol. The lowest BCUT2D eigenvalue weighted by Crippen LogP contribution is -2.51. The molecule has 4 rings (SSSR count). The maximum absolute atomic E-state index is 13.0. The van der Waals surface area contributed by atoms with E-state index in [0.29, 0.717) is 30.9 Å². The van der Waals surface area contributed by atoms with Crippen molar-refractivity contribution in [1.82, 2.24) is 15.0 Å². The van der Waals surface area contributed by atoms with Gasteiger partial charge in [-0.3, -0.25) is 24.3 Å². The highest BCUT2D eigenvalue weighted by molar-refractivity contribution is 6.02. The summed E-state index contributed by atoms with van der Waals surface area (Å²) in [5, 5.41) is 2.66. The van der Waals surface area contributed by atoms with E-state index in [4.69, 9.17) is 4.74 Å². The summed E-state index contributed by atoms with van der Waals surface area (Å²) in [4.78, 5) is 55.2. The number of hydrogen-bond acceptors (Lipinski definition) is 7. The van der Waals surface area contributed by atoms with Crippen LogP contribution in [0.5, 0.6) is 5.75 Å². The molecule has 0 spiro atoms. The van der Waals surface area contributed by atoms with Crippen molar-refractivity contribution >= 4 is 29.4 Å². The molecule has 160 valence electrons. The maximum atomic E-state index is 13.0. The van der Waals surface area contributed by atoms with Crippen molar-refractivity contribution in [3.05, 3.63) is 53.9 Å². The van der Waals surface area contributed by atoms with Gasteiger partial charge in [0.25, 0.3) is 17.7 Å². The summed E-state index contributed by atoms with van der Waals surface area (Å²) in [5.41, 5.74) is 0.835. The van der Waals surface area contributed by atoms with Gasteiger partial charge in [0.15, 0.2) is 6.61 Å². The van der Waals surface area contributed by atoms with Gasteiger partial charge < -0.3 is 9.47 Å². The fourth-order valence-corrected chi connectivity index (χ4v) is 3.52. The minimum atomic E-state index is -0.556. The molecule has 10 heteroatoms. The molecule has 1 aromatic heterocycles. The Morgan fingerprint density at radius 2 is 1.87 bits per heavy atom. The number of anilines is 1. The maximum Gasteiger partial charge on any atom is 0.339 e. The molecule has 1 saturated heterocycles. The SMILES string of the molecule is COC(=O)c1ccc(C(=O)N2CCCN2C(=O)CN2C(=O)COc3ccccc32)nc1. The number of carbonyl (C=O) groups is 4. The zero-order valence-corrected chi connectivity index (χ0v) is 16.8. The average Bonchev–Trinajstić information content (AvgIpc) is 3.30. The number of nitrogens with zero attached hydrogens (tertiary/aromatic N) is 4. The number of aromatic nitrogens is 1. The summed E-state index contributed by atoms with van der Waals surface area (Å²) >= 11 is 0. The van der Waals surface area contributed by atoms with Gasteiger partial charge in [-0.2, -0.15) is 0 Å². The molecule has 2 aromatic rings. The third kappa shape index (κ3) is 3.91. The fraction of sp³-hybridized carbons (Fsp3) is 0.286. The first kappa shape index (κ1) is 20.3. The van der Waals surface area contributed by atoms with Crippen LogP contribution in [0, 0.1) is 0 Å². The number of methoxy groups -OCH3 is 1. The number of hydrogen-bond donors (Lipinski definition) is 0. The van der Waals surface area contributed by atoms with Crippen molar-refractivity contribution < 1.29 is 28.7 Å². The zero-order chi connectivity index (χ0) is 22.0. The molecule has 0 radical (unpaired) electrons. The van der Waals surface area contributed by atoms with E-state index in [2.05, 4.69) is 9.72 Å². The molecular formula is C21H20N4O6. The molecule has 1 fully saturated rings. The van der Waals surface area contributed by atoms with Crippen LogP contribution in [0.4, 0.5) is 5.69 Å². The van der Waals surface area contributed by atoms with Gasteiger partial charge in [0.2, 0.25) is 0 Å². The number of carbonyl (C=O) groups excluding carboxylic acids is 4. The van der Waals surface area contributed by atoms with Crippen LogP contribution < -0.4 is 9.64 Å². The van der Waals surface area contributed by atoms with Gasteiger partial charge in [-0.05, 0) is 30.7 Å². The summed E-state index contributed by atoms with van der Waals surface area (Å²) in [6.45, 7) is 0.338. The van der Waals surface area contributed by atoms with Crippen molar-refractivity contribution in [1.29, 1.82) is 0 Å². The van der Waals surface area contributed by atoms with Crippen LogP contribution in [0.1, 0.15) is 27.3 Å². The Bertz CT molecular complexity index is 1040. The van der Waals surface area contributed by atoms with E-state index in [-0.39, 0.29) is 36.2 Å². The van der Waals surface area contributed by atoms with Crippen molar-refractivity contribution in [3.63, 3.8) is 0 Å². The van der Waals surface area contributed by atoms with Gasteiger partial charge >= 0.3 is 5.97 Å². The molecule has 1 aromatic carbocycles. The Morgan fingerprint density at radius 3 is 2.61 bits per heavy atom. The van der Waals surface area contributed by atoms with Gasteiger partial charge in [-0.15, -0.1) is 0 Å². The molecule has 0 aliphatic carbocycles. The molecule has 10 nitrogen and oxygen atoms in total. The van der Waals surface area contributed by atoms with E-state index in [1.807, 2.05) is 0 Å². The van der Waals surface area contributed by atoms with E-state index in [0.717, 1.165) is 0 Å². The predicted molar refractivity (Wildman–Crippen MR) is 107 cm³/mol. The second kappa shape index (κ2) is 8.42. The summed E-state index contributed by atoms with van der Waals surface area (Å²) in [6.07, 6.45) is 1.86. The minimum Gasteiger partial charge on any atom is -0.482 e. The first-order valence-electron chi connectivity index (χ1n) is 9.68. The van der Waals surface area contributed by atoms with Gasteiger partial charge in [-0.25, -0.2) is 14.8 Å². The number of hydrazine groups is 1. The number of para-hydroxylation sites is 2. The largest absolute Gasteiger partial charge is 0.482 e. The number of fused-ring (bicyclic) bond motifs is 1. The van der Waals surface area contributed by atoms with E-state index >= 15 is 0 Å². The highest BCUT2D eigenvalue weighted by Crippen LogP contribution is 2.31. The van der Waals surface area contributed by atoms with Crippen molar-refractivity contribution in [3.8, 4) is 5.75 Å². The molecule has 2 aliphatic heterocycles. The Kier molecular flexibility index (Phi) is 5.52. The lowest BCUT2D eigenvalue weighted by atomic mass is 10.2. The lowest BCUT2D eigenvalue weighted by molar-refractivity contribution is -0.140. The van der Waals surface area contributed by atoms with E-state index in [1.54, 1.807) is 24.3 Å². The highest BCUT2D eigenvalue weighted by atomic mass is 16.5. The first-order chi connectivity index (χ1) is 15.0. The number of rotatable bonds is 4. The summed E-state index contributed by atoms with van der Waals surface area (Å²) in [5.74, 6) is -1.21. The molecule has 0 unspecified atom stereocenters. The van der Waals surface area contributed by atoms with Crippen molar-refractivity contribution in [2.24, 2.45) is 0 Å². The lowest BCUT2D eigenvalue weighted by Gasteiger charge is -2.32. The third-order valence-electron chi connectivity index (χ3n) is 5.06. The zero-order valence-electron chi connectivity index (χ0n) is 16.8. The van der Waals surface area contributed by atoms with Crippen LogP contribution in [0.15, 0.2) is 42.6 Å². The highest BCUT2D eigenvalue weighted by Gasteiger charge is 2.35. The molecule has 0 atom stereocenters. The number of benzene rings is 1. The molecule has 31 heavy (non-hydrogen) atoms. The first-order valence-corrected chi connectivity index (χ1v) is 9.68. The molecule has 0 saturated carbocycles. The Labute approximate surface area is 177 Å². The Hall–Kier alpha value is -3.95. The molecule has 3 heterocycles. The van der Waals surface area contributed by atoms with Gasteiger partial charge in [0, 0.05) is 19.3 Å². The average molecular weight is 424 g/mol. The Balaban J connectivity index is 1.49. The number of esters is 1. The van der Waals surface area contributed by atoms with E-state index in [1.165, 1.54) is 40.4 Å². The van der Waals surface area contributed by atoms with Gasteiger partial charge in [0.05, 0.1) is 18.4 Å². The van der Waals surface area contributed by atoms with Crippen molar-refractivity contribution in [2.75, 3.05) is 38.3 Å². The third-order valence-corrected chi connectivity index (χ3v) is 5.06. The summed E-state index contributed by atoms with van der Waals surface area (Å²) in [6, 6.07) is 9.84. The van der Waals surface area contributed by atoms with Crippen molar-refractivity contribution in [2.45, 2.75) is 6.42 Å². The van der Waals surface area contributed by atoms with Crippen LogP contribution in [-0.2, 0) is 14.3 Å². The number of pyridine rings is 1.